The Balaban J connectivity index is 1.27. The Morgan fingerprint density at radius 2 is 1.09 bits per heavy atom. The van der Waals surface area contributed by atoms with Crippen molar-refractivity contribution in [2.75, 3.05) is 0 Å². The molecule has 4 nitrogen and oxygen atoms in total. The Hall–Kier alpha value is -5.61. The number of furan rings is 1. The zero-order chi connectivity index (χ0) is 30.2. The molecule has 0 saturated heterocycles. The molecular weight excluding hydrogens is 629 g/mol. The molecule has 46 heavy (non-hydrogen) atoms. The number of fused-ring (bicyclic) bond motifs is 10. The van der Waals surface area contributed by atoms with E-state index < -0.39 is 0 Å². The zero-order valence-corrected chi connectivity index (χ0v) is 26.2. The van der Waals surface area contributed by atoms with Gasteiger partial charge in [0.05, 0.1) is 0 Å². The molecule has 7 aromatic carbocycles. The van der Waals surface area contributed by atoms with Gasteiger partial charge in [0.15, 0.2) is 0 Å². The van der Waals surface area contributed by atoms with Crippen molar-refractivity contribution >= 4 is 77.3 Å². The minimum absolute atomic E-state index is 0.203. The predicted octanol–water partition coefficient (Wildman–Crippen LogP) is 10.4. The molecule has 214 valence electrons. The molecule has 0 bridgehead atoms. The van der Waals surface area contributed by atoms with Crippen LogP contribution in [0, 0.1) is 0 Å². The molecule has 0 fully saturated rings. The summed E-state index contributed by atoms with van der Waals surface area (Å²) in [7, 11) is 0. The number of hydrogen-bond acceptors (Lipinski definition) is 4. The third-order valence-corrected chi connectivity index (χ3v) is 11.4. The number of aromatic nitrogens is 3. The van der Waals surface area contributed by atoms with E-state index in [0.717, 1.165) is 44.0 Å². The number of hydrogen-bond donors (Lipinski definition) is 0. The van der Waals surface area contributed by atoms with Gasteiger partial charge in [0, 0.05) is 0 Å². The van der Waals surface area contributed by atoms with E-state index in [9.17, 15) is 0 Å². The van der Waals surface area contributed by atoms with Crippen LogP contribution in [-0.4, -0.2) is 29.5 Å². The Labute approximate surface area is 269 Å². The fourth-order valence-electron chi connectivity index (χ4n) is 6.76. The van der Waals surface area contributed by atoms with Gasteiger partial charge in [-0.05, 0) is 6.07 Å². The first kappa shape index (κ1) is 25.7. The van der Waals surface area contributed by atoms with E-state index in [0.29, 0.717) is 17.5 Å². The molecule has 0 aliphatic carbocycles. The summed E-state index contributed by atoms with van der Waals surface area (Å²) in [4.78, 5) is 15.4. The van der Waals surface area contributed by atoms with E-state index in [1.165, 1.54) is 35.5 Å². The standard InChI is InChI=1S/C41H23N3OSe/c1-2-10-24(11-3-1)39-42-40(26-18-19-29-28-14-6-8-16-34(28)45-35(29)23-26)44-41(43-39)33-22-25-12-4-5-13-27(25)37-31(33)20-21-32-30-15-7-9-17-36(30)46-38(32)37/h1-23H. The molecule has 0 aliphatic rings. The molecule has 5 heteroatoms. The molecule has 3 aromatic heterocycles. The third-order valence-electron chi connectivity index (χ3n) is 8.91. The van der Waals surface area contributed by atoms with E-state index >= 15 is 0 Å². The monoisotopic (exact) mass is 653 g/mol. The van der Waals surface area contributed by atoms with Gasteiger partial charge in [-0.25, -0.2) is 0 Å². The fraction of sp³-hybridized carbons (Fsp3) is 0. The van der Waals surface area contributed by atoms with Crippen LogP contribution in [0.5, 0.6) is 0 Å². The van der Waals surface area contributed by atoms with Crippen LogP contribution in [0.25, 0.3) is 96.9 Å². The van der Waals surface area contributed by atoms with Gasteiger partial charge >= 0.3 is 246 Å². The van der Waals surface area contributed by atoms with E-state index in [1.807, 2.05) is 42.5 Å². The van der Waals surface area contributed by atoms with Crippen LogP contribution < -0.4 is 0 Å². The minimum atomic E-state index is 0.203. The van der Waals surface area contributed by atoms with Gasteiger partial charge in [0.1, 0.15) is 0 Å². The van der Waals surface area contributed by atoms with Crippen LogP contribution in [0.1, 0.15) is 0 Å². The first-order valence-electron chi connectivity index (χ1n) is 15.3. The van der Waals surface area contributed by atoms with Crippen molar-refractivity contribution in [3.63, 3.8) is 0 Å². The summed E-state index contributed by atoms with van der Waals surface area (Å²) >= 11 is 0.203. The van der Waals surface area contributed by atoms with E-state index in [1.54, 1.807) is 0 Å². The van der Waals surface area contributed by atoms with E-state index in [-0.39, 0.29) is 14.5 Å². The molecule has 0 amide bonds. The summed E-state index contributed by atoms with van der Waals surface area (Å²) in [5, 5.41) is 9.77. The summed E-state index contributed by atoms with van der Waals surface area (Å²) in [6.07, 6.45) is 0. The molecular formula is C41H23N3OSe. The van der Waals surface area contributed by atoms with Crippen LogP contribution >= 0.6 is 0 Å². The molecule has 0 atom stereocenters. The van der Waals surface area contributed by atoms with Crippen molar-refractivity contribution in [1.29, 1.82) is 0 Å². The molecule has 0 aliphatic heterocycles. The zero-order valence-electron chi connectivity index (χ0n) is 24.4. The van der Waals surface area contributed by atoms with Gasteiger partial charge < -0.3 is 0 Å². The average molecular weight is 653 g/mol. The summed E-state index contributed by atoms with van der Waals surface area (Å²) in [6, 6.07) is 48.9. The van der Waals surface area contributed by atoms with E-state index in [4.69, 9.17) is 19.4 Å². The second-order valence-corrected chi connectivity index (χ2v) is 13.8. The molecule has 0 saturated carbocycles. The quantitative estimate of drug-likeness (QED) is 0.141. The second kappa shape index (κ2) is 9.95. The Kier molecular flexibility index (Phi) is 5.56. The average Bonchev–Trinajstić information content (AvgIpc) is 3.69. The van der Waals surface area contributed by atoms with Gasteiger partial charge in [-0.2, -0.15) is 0 Å². The maximum atomic E-state index is 6.25. The Morgan fingerprint density at radius 1 is 0.435 bits per heavy atom. The van der Waals surface area contributed by atoms with Gasteiger partial charge in [-0.15, -0.1) is 0 Å². The normalized spacial score (nSPS) is 11.9. The topological polar surface area (TPSA) is 51.8 Å². The van der Waals surface area contributed by atoms with Crippen molar-refractivity contribution in [1.82, 2.24) is 15.0 Å². The molecule has 0 spiro atoms. The first-order chi connectivity index (χ1) is 22.8. The van der Waals surface area contributed by atoms with Crippen LogP contribution in [-0.2, 0) is 0 Å². The van der Waals surface area contributed by atoms with Crippen molar-refractivity contribution in [3.05, 3.63) is 140 Å². The number of nitrogens with zero attached hydrogens (tertiary/aromatic N) is 3. The SMILES string of the molecule is c1ccc(-c2nc(-c3ccc4c(c3)oc3ccccc34)nc(-c3cc4ccccc4c4c3ccc3c5ccccc5[se]c34)n2)cc1. The summed E-state index contributed by atoms with van der Waals surface area (Å²) < 4.78 is 9.11. The number of rotatable bonds is 3. The van der Waals surface area contributed by atoms with Crippen molar-refractivity contribution in [3.8, 4) is 34.2 Å². The van der Waals surface area contributed by atoms with Crippen LogP contribution in [0.3, 0.4) is 0 Å². The Bertz CT molecular complexity index is 2820. The van der Waals surface area contributed by atoms with Gasteiger partial charge in [0.2, 0.25) is 0 Å². The molecule has 10 aromatic rings. The summed E-state index contributed by atoms with van der Waals surface area (Å²) in [5.41, 5.74) is 4.53. The summed E-state index contributed by atoms with van der Waals surface area (Å²) in [5.74, 6) is 1.92. The van der Waals surface area contributed by atoms with Crippen LogP contribution in [0.15, 0.2) is 144 Å². The van der Waals surface area contributed by atoms with E-state index in [2.05, 4.69) is 97.1 Å². The van der Waals surface area contributed by atoms with Gasteiger partial charge in [-0.3, -0.25) is 0 Å². The fourth-order valence-corrected chi connectivity index (χ4v) is 9.41. The summed E-state index contributed by atoms with van der Waals surface area (Å²) in [6.45, 7) is 0. The maximum absolute atomic E-state index is 6.25. The Morgan fingerprint density at radius 3 is 1.98 bits per heavy atom. The van der Waals surface area contributed by atoms with Gasteiger partial charge in [-0.1, -0.05) is 18.2 Å². The van der Waals surface area contributed by atoms with Crippen LogP contribution in [0.4, 0.5) is 0 Å². The predicted molar refractivity (Wildman–Crippen MR) is 190 cm³/mol. The van der Waals surface area contributed by atoms with Crippen molar-refractivity contribution < 1.29 is 4.42 Å². The second-order valence-electron chi connectivity index (χ2n) is 11.6. The molecule has 10 rings (SSSR count). The molecule has 0 unspecified atom stereocenters. The number of benzene rings is 7. The van der Waals surface area contributed by atoms with Crippen molar-refractivity contribution in [2.45, 2.75) is 0 Å². The third kappa shape index (κ3) is 3.89. The first-order valence-corrected chi connectivity index (χ1v) is 17.0. The van der Waals surface area contributed by atoms with Crippen molar-refractivity contribution in [2.24, 2.45) is 0 Å². The van der Waals surface area contributed by atoms with Gasteiger partial charge in [0.25, 0.3) is 0 Å². The molecule has 0 radical (unpaired) electrons. The van der Waals surface area contributed by atoms with Crippen LogP contribution in [0.2, 0.25) is 0 Å². The molecule has 0 N–H and O–H groups in total. The number of para-hydroxylation sites is 1. The molecule has 3 heterocycles.